The number of nitrogens with zero attached hydrogens (tertiary/aromatic N) is 2. The Balaban J connectivity index is 1.75. The van der Waals surface area contributed by atoms with Gasteiger partial charge in [0.1, 0.15) is 0 Å². The molecule has 0 aliphatic rings. The topological polar surface area (TPSA) is 29.9 Å². The van der Waals surface area contributed by atoms with Crippen molar-refractivity contribution in [2.24, 2.45) is 0 Å². The van der Waals surface area contributed by atoms with E-state index in [1.807, 2.05) is 23.1 Å². The van der Waals surface area contributed by atoms with E-state index in [9.17, 15) is 0 Å². The van der Waals surface area contributed by atoms with E-state index in [2.05, 4.69) is 41.6 Å². The van der Waals surface area contributed by atoms with Crippen molar-refractivity contribution in [3.8, 4) is 0 Å². The van der Waals surface area contributed by atoms with Gasteiger partial charge < -0.3 is 5.32 Å². The van der Waals surface area contributed by atoms with Crippen molar-refractivity contribution in [1.29, 1.82) is 0 Å². The second-order valence-corrected chi connectivity index (χ2v) is 4.89. The summed E-state index contributed by atoms with van der Waals surface area (Å²) < 4.78 is 1.94. The Morgan fingerprint density at radius 1 is 1.11 bits per heavy atom. The number of hydrogen-bond donors (Lipinski definition) is 1. The molecule has 0 saturated carbocycles. The molecule has 0 saturated heterocycles. The molecule has 2 rings (SSSR count). The minimum Gasteiger partial charge on any atom is -0.385 e. The molecule has 3 nitrogen and oxygen atoms in total. The third kappa shape index (κ3) is 4.78. The molecule has 0 fully saturated rings. The van der Waals surface area contributed by atoms with Crippen molar-refractivity contribution in [1.82, 2.24) is 9.78 Å². The Kier molecular flexibility index (Phi) is 5.48. The van der Waals surface area contributed by atoms with Crippen LogP contribution in [0, 0.1) is 0 Å². The van der Waals surface area contributed by atoms with E-state index in [0.717, 1.165) is 13.1 Å². The summed E-state index contributed by atoms with van der Waals surface area (Å²) in [4.78, 5) is 0. The van der Waals surface area contributed by atoms with Crippen LogP contribution in [0.15, 0.2) is 42.7 Å². The van der Waals surface area contributed by atoms with Crippen molar-refractivity contribution in [2.45, 2.75) is 39.2 Å². The molecule has 0 aliphatic carbocycles. The first-order valence-electron chi connectivity index (χ1n) is 7.18. The fraction of sp³-hybridized carbons (Fsp3) is 0.438. The summed E-state index contributed by atoms with van der Waals surface area (Å²) in [5.41, 5.74) is 2.49. The molecule has 0 atom stereocenters. The van der Waals surface area contributed by atoms with E-state index in [4.69, 9.17) is 0 Å². The predicted molar refractivity (Wildman–Crippen MR) is 80.4 cm³/mol. The van der Waals surface area contributed by atoms with Crippen molar-refractivity contribution in [2.75, 3.05) is 11.9 Å². The Hall–Kier alpha value is -1.77. The van der Waals surface area contributed by atoms with Crippen molar-refractivity contribution in [3.63, 3.8) is 0 Å². The highest BCUT2D eigenvalue weighted by atomic mass is 15.3. The van der Waals surface area contributed by atoms with E-state index in [1.54, 1.807) is 0 Å². The first-order chi connectivity index (χ1) is 9.38. The molecule has 0 aliphatic heterocycles. The average Bonchev–Trinajstić information content (AvgIpc) is 2.93. The fourth-order valence-electron chi connectivity index (χ4n) is 2.09. The van der Waals surface area contributed by atoms with Gasteiger partial charge in [0.05, 0.1) is 6.54 Å². The number of anilines is 1. The van der Waals surface area contributed by atoms with Crippen LogP contribution in [0.2, 0.25) is 0 Å². The van der Waals surface area contributed by atoms with Gasteiger partial charge in [0.2, 0.25) is 0 Å². The molecule has 0 bridgehead atoms. The molecule has 3 heteroatoms. The largest absolute Gasteiger partial charge is 0.385 e. The van der Waals surface area contributed by atoms with Crippen LogP contribution in [0.25, 0.3) is 0 Å². The highest BCUT2D eigenvalue weighted by molar-refractivity contribution is 5.44. The summed E-state index contributed by atoms with van der Waals surface area (Å²) >= 11 is 0. The van der Waals surface area contributed by atoms with Gasteiger partial charge in [-0.3, -0.25) is 4.68 Å². The van der Waals surface area contributed by atoms with Crippen LogP contribution in [-0.2, 0) is 6.54 Å². The van der Waals surface area contributed by atoms with Crippen LogP contribution in [0.1, 0.15) is 38.2 Å². The minimum atomic E-state index is 0.837. The molecule has 19 heavy (non-hydrogen) atoms. The lowest BCUT2D eigenvalue weighted by Crippen LogP contribution is -2.02. The molecule has 1 N–H and O–H groups in total. The van der Waals surface area contributed by atoms with Crippen LogP contribution in [0.5, 0.6) is 0 Å². The average molecular weight is 257 g/mol. The molecule has 0 spiro atoms. The van der Waals surface area contributed by atoms with Crippen LogP contribution in [0.4, 0.5) is 5.69 Å². The lowest BCUT2D eigenvalue weighted by molar-refractivity contribution is 0.684. The molecule has 0 radical (unpaired) electrons. The number of unbranched alkanes of at least 4 members (excludes halogenated alkanes) is 3. The van der Waals surface area contributed by atoms with Gasteiger partial charge >= 0.3 is 0 Å². The lowest BCUT2D eigenvalue weighted by Gasteiger charge is -2.07. The maximum absolute atomic E-state index is 4.21. The van der Waals surface area contributed by atoms with Gasteiger partial charge in [-0.05, 0) is 30.2 Å². The third-order valence-electron chi connectivity index (χ3n) is 3.22. The van der Waals surface area contributed by atoms with Gasteiger partial charge in [0, 0.05) is 24.6 Å². The summed E-state index contributed by atoms with van der Waals surface area (Å²) in [6, 6.07) is 10.6. The molecular weight excluding hydrogens is 234 g/mol. The van der Waals surface area contributed by atoms with Crippen LogP contribution in [-0.4, -0.2) is 16.3 Å². The summed E-state index contributed by atoms with van der Waals surface area (Å²) in [6.07, 6.45) is 9.00. The maximum atomic E-state index is 4.21. The lowest BCUT2D eigenvalue weighted by atomic mass is 10.2. The van der Waals surface area contributed by atoms with E-state index < -0.39 is 0 Å². The summed E-state index contributed by atoms with van der Waals surface area (Å²) in [5, 5.41) is 7.68. The highest BCUT2D eigenvalue weighted by Gasteiger charge is 1.96. The van der Waals surface area contributed by atoms with Crippen LogP contribution < -0.4 is 5.32 Å². The molecule has 1 aromatic carbocycles. The summed E-state index contributed by atoms with van der Waals surface area (Å²) in [6.45, 7) is 4.15. The number of benzene rings is 1. The monoisotopic (exact) mass is 257 g/mol. The summed E-state index contributed by atoms with van der Waals surface area (Å²) in [7, 11) is 0. The predicted octanol–water partition coefficient (Wildman–Crippen LogP) is 3.92. The summed E-state index contributed by atoms with van der Waals surface area (Å²) in [5.74, 6) is 0. The Bertz CT molecular complexity index is 445. The Morgan fingerprint density at radius 2 is 1.95 bits per heavy atom. The smallest absolute Gasteiger partial charge is 0.0659 e. The first-order valence-corrected chi connectivity index (χ1v) is 7.18. The molecule has 102 valence electrons. The van der Waals surface area contributed by atoms with Gasteiger partial charge in [-0.15, -0.1) is 0 Å². The zero-order chi connectivity index (χ0) is 13.3. The van der Waals surface area contributed by atoms with E-state index in [1.165, 1.54) is 36.9 Å². The second kappa shape index (κ2) is 7.62. The van der Waals surface area contributed by atoms with Gasteiger partial charge in [0.25, 0.3) is 0 Å². The number of hydrogen-bond acceptors (Lipinski definition) is 2. The fourth-order valence-corrected chi connectivity index (χ4v) is 2.09. The minimum absolute atomic E-state index is 0.837. The number of rotatable bonds is 8. The van der Waals surface area contributed by atoms with Crippen LogP contribution >= 0.6 is 0 Å². The van der Waals surface area contributed by atoms with E-state index in [0.29, 0.717) is 0 Å². The maximum Gasteiger partial charge on any atom is 0.0659 e. The van der Waals surface area contributed by atoms with Gasteiger partial charge in [-0.2, -0.15) is 5.10 Å². The van der Waals surface area contributed by atoms with Crippen molar-refractivity contribution < 1.29 is 0 Å². The third-order valence-corrected chi connectivity index (χ3v) is 3.22. The van der Waals surface area contributed by atoms with Gasteiger partial charge in [-0.25, -0.2) is 0 Å². The molecule has 2 aromatic rings. The molecule has 0 unspecified atom stereocenters. The van der Waals surface area contributed by atoms with Crippen molar-refractivity contribution >= 4 is 5.69 Å². The zero-order valence-electron chi connectivity index (χ0n) is 11.7. The van der Waals surface area contributed by atoms with Crippen molar-refractivity contribution in [3.05, 3.63) is 48.3 Å². The Labute approximate surface area is 115 Å². The van der Waals surface area contributed by atoms with Gasteiger partial charge in [-0.1, -0.05) is 38.3 Å². The van der Waals surface area contributed by atoms with Gasteiger partial charge in [0.15, 0.2) is 0 Å². The quantitative estimate of drug-likeness (QED) is 0.726. The normalized spacial score (nSPS) is 10.6. The van der Waals surface area contributed by atoms with E-state index in [-0.39, 0.29) is 0 Å². The number of aromatic nitrogens is 2. The second-order valence-electron chi connectivity index (χ2n) is 4.89. The highest BCUT2D eigenvalue weighted by Crippen LogP contribution is 2.11. The zero-order valence-corrected chi connectivity index (χ0v) is 11.7. The molecule has 1 aromatic heterocycles. The molecule has 0 amide bonds. The first kappa shape index (κ1) is 13.7. The standard InChI is InChI=1S/C16H23N3/c1-2-3-4-5-11-17-16-9-7-15(8-10-16)14-19-13-6-12-18-19/h6-10,12-13,17H,2-5,11,14H2,1H3. The molecule has 1 heterocycles. The Morgan fingerprint density at radius 3 is 2.63 bits per heavy atom. The SMILES string of the molecule is CCCCCCNc1ccc(Cn2cccn2)cc1. The van der Waals surface area contributed by atoms with Crippen LogP contribution in [0.3, 0.4) is 0 Å². The molecular formula is C16H23N3. The van der Waals surface area contributed by atoms with E-state index >= 15 is 0 Å². The number of nitrogens with one attached hydrogen (secondary N) is 1.